The topological polar surface area (TPSA) is 155 Å². The lowest BCUT2D eigenvalue weighted by atomic mass is 10.1. The fourth-order valence-electron chi connectivity index (χ4n) is 3.30. The van der Waals surface area contributed by atoms with Crippen molar-refractivity contribution >= 4 is 28.9 Å². The zero-order valence-electron chi connectivity index (χ0n) is 18.7. The van der Waals surface area contributed by atoms with Gasteiger partial charge in [0.25, 0.3) is 5.89 Å². The summed E-state index contributed by atoms with van der Waals surface area (Å²) >= 11 is 1.27. The van der Waals surface area contributed by atoms with Crippen molar-refractivity contribution < 1.29 is 28.6 Å². The molecule has 4 rings (SSSR count). The van der Waals surface area contributed by atoms with E-state index < -0.39 is 6.09 Å². The van der Waals surface area contributed by atoms with E-state index in [9.17, 15) is 4.79 Å². The normalized spacial score (nSPS) is 10.7. The molecule has 2 aromatic carbocycles. The monoisotopic (exact) mass is 483 g/mol. The number of aryl methyl sites for hydroxylation is 1. The molecule has 12 heteroatoms. The molecule has 0 aliphatic carbocycles. The van der Waals surface area contributed by atoms with E-state index >= 15 is 0 Å². The molecule has 0 bridgehead atoms. The molecular weight excluding hydrogens is 462 g/mol. The van der Waals surface area contributed by atoms with E-state index in [-0.39, 0.29) is 11.7 Å². The first kappa shape index (κ1) is 22.9. The van der Waals surface area contributed by atoms with Gasteiger partial charge >= 0.3 is 6.09 Å². The first-order valence-electron chi connectivity index (χ1n) is 9.86. The number of anilines is 2. The van der Waals surface area contributed by atoms with Crippen LogP contribution < -0.4 is 25.3 Å². The highest BCUT2D eigenvalue weighted by molar-refractivity contribution is 7.18. The molecule has 0 radical (unpaired) electrons. The van der Waals surface area contributed by atoms with Gasteiger partial charge in [-0.2, -0.15) is 4.98 Å². The summed E-state index contributed by atoms with van der Waals surface area (Å²) in [7, 11) is 4.60. The molecule has 0 aliphatic rings. The van der Waals surface area contributed by atoms with E-state index in [4.69, 9.17) is 29.6 Å². The van der Waals surface area contributed by atoms with E-state index in [0.717, 1.165) is 5.56 Å². The second-order valence-electron chi connectivity index (χ2n) is 7.03. The third-order valence-corrected chi connectivity index (χ3v) is 6.02. The third kappa shape index (κ3) is 4.30. The van der Waals surface area contributed by atoms with Crippen LogP contribution in [-0.4, -0.2) is 47.7 Å². The number of nitrogen functional groups attached to an aromatic ring is 1. The number of hydrogen-bond acceptors (Lipinski definition) is 10. The first-order chi connectivity index (χ1) is 16.3. The molecular formula is C22H21N5O6S. The molecule has 4 aromatic rings. The Morgan fingerprint density at radius 3 is 2.41 bits per heavy atom. The van der Waals surface area contributed by atoms with Gasteiger partial charge < -0.3 is 29.6 Å². The fourth-order valence-corrected chi connectivity index (χ4v) is 4.20. The summed E-state index contributed by atoms with van der Waals surface area (Å²) in [6.07, 6.45) is -1.17. The Kier molecular flexibility index (Phi) is 6.23. The van der Waals surface area contributed by atoms with E-state index in [1.54, 1.807) is 30.3 Å². The van der Waals surface area contributed by atoms with Crippen molar-refractivity contribution in [3.05, 3.63) is 35.9 Å². The Morgan fingerprint density at radius 2 is 1.79 bits per heavy atom. The van der Waals surface area contributed by atoms with Gasteiger partial charge in [-0.3, -0.25) is 5.32 Å². The number of carboxylic acid groups (broad SMARTS) is 1. The van der Waals surface area contributed by atoms with Crippen LogP contribution in [0.4, 0.5) is 16.3 Å². The zero-order chi connectivity index (χ0) is 24.4. The predicted octanol–water partition coefficient (Wildman–Crippen LogP) is 4.53. The number of rotatable bonds is 7. The minimum absolute atomic E-state index is 0.194. The highest BCUT2D eigenvalue weighted by Gasteiger charge is 2.22. The van der Waals surface area contributed by atoms with E-state index in [0.29, 0.717) is 49.8 Å². The van der Waals surface area contributed by atoms with Crippen LogP contribution in [0.1, 0.15) is 5.56 Å². The number of nitrogens with zero attached hydrogens (tertiary/aromatic N) is 3. The standard InChI is InChI=1S/C22H21N5O6S/c1-10-5-6-12(24-22(28)29)9-13(10)19-26-20(33-27-19)17-18(23)25-21(34-17)11-7-14(30-2)16(32-4)15(8-11)31-3/h5-9,24H,23H2,1-4H3,(H,28,29). The van der Waals surface area contributed by atoms with Crippen LogP contribution in [0.3, 0.4) is 0 Å². The maximum Gasteiger partial charge on any atom is 0.409 e. The second kappa shape index (κ2) is 9.27. The van der Waals surface area contributed by atoms with Crippen LogP contribution in [0.2, 0.25) is 0 Å². The molecule has 0 saturated carbocycles. The van der Waals surface area contributed by atoms with E-state index in [1.807, 2.05) is 6.92 Å². The second-order valence-corrected chi connectivity index (χ2v) is 8.03. The van der Waals surface area contributed by atoms with Crippen molar-refractivity contribution in [1.29, 1.82) is 0 Å². The number of methoxy groups -OCH3 is 3. The van der Waals surface area contributed by atoms with Gasteiger partial charge in [-0.05, 0) is 36.8 Å². The number of nitrogens with one attached hydrogen (secondary N) is 1. The number of hydrogen-bond donors (Lipinski definition) is 3. The van der Waals surface area contributed by atoms with Crippen molar-refractivity contribution in [2.24, 2.45) is 0 Å². The number of benzene rings is 2. The SMILES string of the molecule is COc1cc(-c2nc(N)c(-c3nc(-c4cc(NC(=O)O)ccc4C)no3)s2)cc(OC)c1OC. The molecule has 0 fully saturated rings. The number of aromatic nitrogens is 3. The number of nitrogens with two attached hydrogens (primary N) is 1. The van der Waals surface area contributed by atoms with Gasteiger partial charge in [-0.25, -0.2) is 9.78 Å². The molecule has 0 saturated heterocycles. The molecule has 0 unspecified atom stereocenters. The molecule has 11 nitrogen and oxygen atoms in total. The lowest BCUT2D eigenvalue weighted by molar-refractivity contribution is 0.209. The lowest BCUT2D eigenvalue weighted by Crippen LogP contribution is -2.07. The van der Waals surface area contributed by atoms with Crippen LogP contribution in [0.5, 0.6) is 17.2 Å². The quantitative estimate of drug-likeness (QED) is 0.341. The van der Waals surface area contributed by atoms with Gasteiger partial charge in [0.2, 0.25) is 11.6 Å². The summed E-state index contributed by atoms with van der Waals surface area (Å²) < 4.78 is 21.7. The highest BCUT2D eigenvalue weighted by Crippen LogP contribution is 2.44. The summed E-state index contributed by atoms with van der Waals surface area (Å²) in [6, 6.07) is 8.59. The zero-order valence-corrected chi connectivity index (χ0v) is 19.5. The number of carbonyl (C=O) groups is 1. The van der Waals surface area contributed by atoms with Crippen molar-refractivity contribution in [3.63, 3.8) is 0 Å². The Balaban J connectivity index is 1.71. The molecule has 2 aromatic heterocycles. The fraction of sp³-hybridized carbons (Fsp3) is 0.182. The van der Waals surface area contributed by atoms with Gasteiger partial charge in [0.05, 0.1) is 21.3 Å². The van der Waals surface area contributed by atoms with Crippen LogP contribution in [0.15, 0.2) is 34.9 Å². The van der Waals surface area contributed by atoms with Crippen molar-refractivity contribution in [2.45, 2.75) is 6.92 Å². The maximum atomic E-state index is 11.0. The van der Waals surface area contributed by atoms with Crippen molar-refractivity contribution in [3.8, 4) is 50.0 Å². The summed E-state index contributed by atoms with van der Waals surface area (Å²) in [5, 5.41) is 15.9. The van der Waals surface area contributed by atoms with E-state index in [2.05, 4.69) is 20.4 Å². The molecule has 0 aliphatic heterocycles. The van der Waals surface area contributed by atoms with E-state index in [1.165, 1.54) is 32.7 Å². The maximum absolute atomic E-state index is 11.0. The Hall–Kier alpha value is -4.32. The average molecular weight is 484 g/mol. The molecule has 34 heavy (non-hydrogen) atoms. The smallest absolute Gasteiger partial charge is 0.409 e. The molecule has 0 spiro atoms. The number of ether oxygens (including phenoxy) is 3. The van der Waals surface area contributed by atoms with Gasteiger partial charge in [0.1, 0.15) is 15.7 Å². The molecule has 0 atom stereocenters. The Morgan fingerprint density at radius 1 is 1.09 bits per heavy atom. The first-order valence-corrected chi connectivity index (χ1v) is 10.7. The van der Waals surface area contributed by atoms with Crippen LogP contribution in [-0.2, 0) is 0 Å². The third-order valence-electron chi connectivity index (χ3n) is 4.92. The van der Waals surface area contributed by atoms with Crippen molar-refractivity contribution in [2.75, 3.05) is 32.4 Å². The lowest BCUT2D eigenvalue weighted by Gasteiger charge is -2.13. The molecule has 176 valence electrons. The van der Waals surface area contributed by atoms with Crippen LogP contribution in [0.25, 0.3) is 32.7 Å². The van der Waals surface area contributed by atoms with Gasteiger partial charge in [-0.1, -0.05) is 11.2 Å². The van der Waals surface area contributed by atoms with Gasteiger partial charge in [0, 0.05) is 16.8 Å². The molecule has 1 amide bonds. The predicted molar refractivity (Wildman–Crippen MR) is 127 cm³/mol. The van der Waals surface area contributed by atoms with Crippen molar-refractivity contribution in [1.82, 2.24) is 15.1 Å². The minimum Gasteiger partial charge on any atom is -0.493 e. The Bertz CT molecular complexity index is 1340. The molecule has 2 heterocycles. The number of amides is 1. The van der Waals surface area contributed by atoms with Crippen LogP contribution in [0, 0.1) is 6.92 Å². The van der Waals surface area contributed by atoms with Gasteiger partial charge in [-0.15, -0.1) is 11.3 Å². The average Bonchev–Trinajstić information content (AvgIpc) is 3.45. The summed E-state index contributed by atoms with van der Waals surface area (Å²) in [6.45, 7) is 1.86. The Labute approximate surface area is 198 Å². The van der Waals surface area contributed by atoms with Crippen LogP contribution >= 0.6 is 11.3 Å². The summed E-state index contributed by atoms with van der Waals surface area (Å²) in [5.41, 5.74) is 8.74. The number of thiazole rings is 1. The molecule has 4 N–H and O–H groups in total. The highest BCUT2D eigenvalue weighted by atomic mass is 32.1. The van der Waals surface area contributed by atoms with Gasteiger partial charge in [0.15, 0.2) is 11.5 Å². The summed E-state index contributed by atoms with van der Waals surface area (Å²) in [4.78, 5) is 20.4. The minimum atomic E-state index is -1.17. The largest absolute Gasteiger partial charge is 0.493 e. The summed E-state index contributed by atoms with van der Waals surface area (Å²) in [5.74, 6) is 2.15.